The fraction of sp³-hybridized carbons (Fsp3) is 0.259. The minimum atomic E-state index is -0.693. The van der Waals surface area contributed by atoms with Gasteiger partial charge >= 0.3 is 0 Å². The third-order valence-electron chi connectivity index (χ3n) is 5.40. The summed E-state index contributed by atoms with van der Waals surface area (Å²) in [7, 11) is 0. The molecule has 0 bridgehead atoms. The Balaban J connectivity index is 1.85. The summed E-state index contributed by atoms with van der Waals surface area (Å²) < 4.78 is 15.1. The molecule has 35 heavy (non-hydrogen) atoms. The van der Waals surface area contributed by atoms with Crippen molar-refractivity contribution in [2.24, 2.45) is 0 Å². The van der Waals surface area contributed by atoms with Crippen LogP contribution in [0.1, 0.15) is 23.6 Å². The van der Waals surface area contributed by atoms with E-state index in [1.54, 1.807) is 17.0 Å². The highest BCUT2D eigenvalue weighted by Gasteiger charge is 2.30. The van der Waals surface area contributed by atoms with E-state index in [9.17, 15) is 14.0 Å². The molecule has 0 aliphatic heterocycles. The summed E-state index contributed by atoms with van der Waals surface area (Å²) in [4.78, 5) is 28.3. The lowest BCUT2D eigenvalue weighted by atomic mass is 10.0. The number of carbonyl (C=O) groups excluding carboxylic acids is 2. The Kier molecular flexibility index (Phi) is 10.6. The van der Waals surface area contributed by atoms with E-state index in [4.69, 9.17) is 11.6 Å². The van der Waals surface area contributed by atoms with Crippen molar-refractivity contribution < 1.29 is 14.0 Å². The van der Waals surface area contributed by atoms with Crippen LogP contribution in [0.2, 0.25) is 5.02 Å². The van der Waals surface area contributed by atoms with Gasteiger partial charge in [-0.15, -0.1) is 11.8 Å². The summed E-state index contributed by atoms with van der Waals surface area (Å²) >= 11 is 10.9. The molecule has 0 aliphatic rings. The third kappa shape index (κ3) is 8.09. The van der Waals surface area contributed by atoms with Crippen LogP contribution in [0.15, 0.2) is 77.3 Å². The van der Waals surface area contributed by atoms with Crippen molar-refractivity contribution in [2.75, 3.05) is 12.3 Å². The zero-order chi connectivity index (χ0) is 25.2. The van der Waals surface area contributed by atoms with Crippen molar-refractivity contribution in [1.29, 1.82) is 0 Å². The normalized spacial score (nSPS) is 11.7. The minimum Gasteiger partial charge on any atom is -0.355 e. The minimum absolute atomic E-state index is 0.0867. The van der Waals surface area contributed by atoms with Gasteiger partial charge in [0.25, 0.3) is 0 Å². The van der Waals surface area contributed by atoms with Gasteiger partial charge in [-0.3, -0.25) is 9.59 Å². The fourth-order valence-corrected chi connectivity index (χ4v) is 5.37. The highest BCUT2D eigenvalue weighted by molar-refractivity contribution is 9.10. The van der Waals surface area contributed by atoms with Gasteiger partial charge in [0.05, 0.1) is 5.75 Å². The summed E-state index contributed by atoms with van der Waals surface area (Å²) in [6, 6.07) is 21.2. The van der Waals surface area contributed by atoms with E-state index in [1.165, 1.54) is 17.8 Å². The number of nitrogens with one attached hydrogen (secondary N) is 1. The number of halogens is 3. The quantitative estimate of drug-likeness (QED) is 0.293. The number of thioether (sulfide) groups is 1. The molecule has 1 atom stereocenters. The molecule has 3 aromatic rings. The van der Waals surface area contributed by atoms with Gasteiger partial charge < -0.3 is 10.2 Å². The zero-order valence-electron chi connectivity index (χ0n) is 19.3. The van der Waals surface area contributed by atoms with Crippen LogP contribution in [-0.4, -0.2) is 35.1 Å². The van der Waals surface area contributed by atoms with Gasteiger partial charge in [0.1, 0.15) is 11.9 Å². The molecule has 2 amide bonds. The van der Waals surface area contributed by atoms with Gasteiger partial charge in [-0.1, -0.05) is 76.1 Å². The second-order valence-corrected chi connectivity index (χ2v) is 10.3. The molecule has 8 heteroatoms. The van der Waals surface area contributed by atoms with Crippen molar-refractivity contribution in [2.45, 2.75) is 31.7 Å². The maximum absolute atomic E-state index is 14.2. The molecule has 0 aromatic heterocycles. The molecule has 0 spiro atoms. The van der Waals surface area contributed by atoms with Gasteiger partial charge in [-0.2, -0.15) is 0 Å². The molecule has 3 aromatic carbocycles. The Bertz CT molecular complexity index is 1130. The molecule has 0 aliphatic carbocycles. The fourth-order valence-electron chi connectivity index (χ4n) is 3.67. The molecule has 0 unspecified atom stereocenters. The molecule has 184 valence electrons. The molecule has 0 radical (unpaired) electrons. The summed E-state index contributed by atoms with van der Waals surface area (Å²) in [5.41, 5.74) is 2.23. The van der Waals surface area contributed by atoms with Crippen molar-refractivity contribution >= 4 is 51.1 Å². The number of nitrogens with zero attached hydrogens (tertiary/aromatic N) is 1. The summed E-state index contributed by atoms with van der Waals surface area (Å²) in [5, 5.41) is 3.21. The summed E-state index contributed by atoms with van der Waals surface area (Å²) in [5.74, 6) is -0.459. The van der Waals surface area contributed by atoms with Crippen LogP contribution in [0.4, 0.5) is 4.39 Å². The van der Waals surface area contributed by atoms with Crippen molar-refractivity contribution in [1.82, 2.24) is 10.2 Å². The van der Waals surface area contributed by atoms with E-state index in [-0.39, 0.29) is 29.9 Å². The van der Waals surface area contributed by atoms with E-state index in [2.05, 4.69) is 21.2 Å². The number of likely N-dealkylation sites (N-methyl/N-ethyl adjacent to an activating group) is 1. The largest absolute Gasteiger partial charge is 0.355 e. The van der Waals surface area contributed by atoms with Crippen LogP contribution in [-0.2, 0) is 28.3 Å². The monoisotopic (exact) mass is 576 g/mol. The maximum Gasteiger partial charge on any atom is 0.243 e. The third-order valence-corrected chi connectivity index (χ3v) is 7.19. The molecule has 1 N–H and O–H groups in total. The molecule has 0 saturated carbocycles. The van der Waals surface area contributed by atoms with Crippen LogP contribution in [0, 0.1) is 5.82 Å². The Morgan fingerprint density at radius 3 is 2.46 bits per heavy atom. The standard InChI is InChI=1S/C27H27BrClFN2O2S/c1-2-31-27(34)25(15-19-8-4-3-5-9-19)32(16-20-10-6-11-21(28)14-20)26(33)18-35-17-22-23(29)12-7-13-24(22)30/h3-14,25H,2,15-18H2,1H3,(H,31,34)/t25-/m1/s1. The maximum atomic E-state index is 14.2. The van der Waals surface area contributed by atoms with E-state index in [1.807, 2.05) is 61.5 Å². The molecular formula is C27H27BrClFN2O2S. The highest BCUT2D eigenvalue weighted by Crippen LogP contribution is 2.25. The van der Waals surface area contributed by atoms with Gasteiger partial charge in [0.2, 0.25) is 11.8 Å². The van der Waals surface area contributed by atoms with Crippen LogP contribution in [0.25, 0.3) is 0 Å². The second-order valence-electron chi connectivity index (χ2n) is 7.94. The molecule has 0 saturated heterocycles. The summed E-state index contributed by atoms with van der Waals surface area (Å²) in [6.45, 7) is 2.59. The van der Waals surface area contributed by atoms with Crippen molar-refractivity contribution in [3.8, 4) is 0 Å². The first kappa shape index (κ1) is 27.2. The molecule has 3 rings (SSSR count). The lowest BCUT2D eigenvalue weighted by Crippen LogP contribution is -2.51. The number of rotatable bonds is 11. The lowest BCUT2D eigenvalue weighted by molar-refractivity contribution is -0.139. The number of hydrogen-bond donors (Lipinski definition) is 1. The number of benzene rings is 3. The topological polar surface area (TPSA) is 49.4 Å². The average molecular weight is 578 g/mol. The average Bonchev–Trinajstić information content (AvgIpc) is 2.84. The molecular weight excluding hydrogens is 551 g/mol. The van der Waals surface area contributed by atoms with E-state index >= 15 is 0 Å². The number of amides is 2. The SMILES string of the molecule is CCNC(=O)[C@@H](Cc1ccccc1)N(Cc1cccc(Br)c1)C(=O)CSCc1c(F)cccc1Cl. The van der Waals surface area contributed by atoms with Gasteiger partial charge in [0, 0.05) is 40.3 Å². The van der Waals surface area contributed by atoms with Crippen LogP contribution < -0.4 is 5.32 Å². The predicted molar refractivity (Wildman–Crippen MR) is 145 cm³/mol. The van der Waals surface area contributed by atoms with Gasteiger partial charge in [-0.05, 0) is 42.3 Å². The van der Waals surface area contributed by atoms with Crippen LogP contribution in [0.5, 0.6) is 0 Å². The molecule has 0 fully saturated rings. The van der Waals surface area contributed by atoms with Crippen molar-refractivity contribution in [3.63, 3.8) is 0 Å². The Morgan fingerprint density at radius 2 is 1.77 bits per heavy atom. The van der Waals surface area contributed by atoms with E-state index in [0.717, 1.165) is 15.6 Å². The Labute approximate surface area is 223 Å². The predicted octanol–water partition coefficient (Wildman–Crippen LogP) is 6.25. The molecule has 0 heterocycles. The van der Waals surface area contributed by atoms with E-state index < -0.39 is 11.9 Å². The zero-order valence-corrected chi connectivity index (χ0v) is 22.5. The van der Waals surface area contributed by atoms with Crippen LogP contribution >= 0.6 is 39.3 Å². The lowest BCUT2D eigenvalue weighted by Gasteiger charge is -2.31. The second kappa shape index (κ2) is 13.7. The Hall–Kier alpha value is -2.35. The summed E-state index contributed by atoms with van der Waals surface area (Å²) in [6.07, 6.45) is 0.385. The Morgan fingerprint density at radius 1 is 1.06 bits per heavy atom. The smallest absolute Gasteiger partial charge is 0.243 e. The molecule has 4 nitrogen and oxygen atoms in total. The van der Waals surface area contributed by atoms with Crippen LogP contribution in [0.3, 0.4) is 0 Å². The number of hydrogen-bond acceptors (Lipinski definition) is 3. The van der Waals surface area contributed by atoms with E-state index in [0.29, 0.717) is 23.6 Å². The first-order valence-electron chi connectivity index (χ1n) is 11.2. The highest BCUT2D eigenvalue weighted by atomic mass is 79.9. The number of carbonyl (C=O) groups is 2. The first-order valence-corrected chi connectivity index (χ1v) is 13.6. The van der Waals surface area contributed by atoms with Gasteiger partial charge in [-0.25, -0.2) is 4.39 Å². The van der Waals surface area contributed by atoms with Gasteiger partial charge in [0.15, 0.2) is 0 Å². The first-order chi connectivity index (χ1) is 16.9. The van der Waals surface area contributed by atoms with Crippen molar-refractivity contribution in [3.05, 3.63) is 105 Å².